The van der Waals surface area contributed by atoms with E-state index in [1.165, 1.54) is 32.0 Å². The Bertz CT molecular complexity index is 379. The third kappa shape index (κ3) is 4.69. The third-order valence-electron chi connectivity index (χ3n) is 3.03. The van der Waals surface area contributed by atoms with Gasteiger partial charge < -0.3 is 11.1 Å². The molecule has 18 heavy (non-hydrogen) atoms. The molecule has 0 aromatic carbocycles. The Morgan fingerprint density at radius 3 is 2.72 bits per heavy atom. The second-order valence-electron chi connectivity index (χ2n) is 5.40. The normalized spacial score (nSPS) is 11.6. The maximum atomic E-state index is 5.85. The van der Waals surface area contributed by atoms with Crippen molar-refractivity contribution in [1.29, 1.82) is 0 Å². The van der Waals surface area contributed by atoms with Crippen LogP contribution in [0, 0.1) is 5.41 Å². The topological polar surface area (TPSA) is 63.8 Å². The van der Waals surface area contributed by atoms with Gasteiger partial charge in [0.2, 0.25) is 0 Å². The molecule has 0 bridgehead atoms. The number of nitrogens with one attached hydrogen (secondary N) is 1. The summed E-state index contributed by atoms with van der Waals surface area (Å²) in [6, 6.07) is 0. The van der Waals surface area contributed by atoms with E-state index in [9.17, 15) is 0 Å². The number of aromatic nitrogens is 2. The van der Waals surface area contributed by atoms with Crippen molar-refractivity contribution in [1.82, 2.24) is 9.97 Å². The molecule has 5 heteroatoms. The number of nitrogens with zero attached hydrogens (tertiary/aromatic N) is 2. The molecule has 0 amide bonds. The van der Waals surface area contributed by atoms with Gasteiger partial charge in [-0.25, -0.2) is 9.97 Å². The molecule has 0 unspecified atom stereocenters. The Hall–Kier alpha value is -1.03. The monoisotopic (exact) mass is 270 g/mol. The maximum Gasteiger partial charge on any atom is 0.157 e. The Morgan fingerprint density at radius 2 is 2.06 bits per heavy atom. The molecule has 102 valence electrons. The van der Waals surface area contributed by atoms with E-state index in [4.69, 9.17) is 17.3 Å². The zero-order valence-electron chi connectivity index (χ0n) is 11.5. The highest BCUT2D eigenvalue weighted by atomic mass is 35.5. The van der Waals surface area contributed by atoms with Crippen LogP contribution in [-0.4, -0.2) is 16.5 Å². The van der Waals surface area contributed by atoms with Crippen LogP contribution >= 0.6 is 11.6 Å². The summed E-state index contributed by atoms with van der Waals surface area (Å²) < 4.78 is 0. The molecule has 0 aliphatic heterocycles. The molecule has 0 atom stereocenters. The largest absolute Gasteiger partial charge is 0.393 e. The van der Waals surface area contributed by atoms with Crippen molar-refractivity contribution in [2.24, 2.45) is 5.41 Å². The Labute approximate surface area is 114 Å². The van der Waals surface area contributed by atoms with Gasteiger partial charge in [0.05, 0.1) is 0 Å². The number of hydrogen-bond donors (Lipinski definition) is 2. The van der Waals surface area contributed by atoms with Crippen LogP contribution in [0.15, 0.2) is 6.33 Å². The Balaban J connectivity index is 2.50. The van der Waals surface area contributed by atoms with E-state index < -0.39 is 0 Å². The van der Waals surface area contributed by atoms with Gasteiger partial charge in [0.15, 0.2) is 11.0 Å². The van der Waals surface area contributed by atoms with Crippen molar-refractivity contribution < 1.29 is 0 Å². The molecule has 0 spiro atoms. The first kappa shape index (κ1) is 15.0. The van der Waals surface area contributed by atoms with Crippen molar-refractivity contribution in [3.63, 3.8) is 0 Å². The quantitative estimate of drug-likeness (QED) is 0.585. The first-order valence-electron chi connectivity index (χ1n) is 6.46. The second kappa shape index (κ2) is 6.78. The highest BCUT2D eigenvalue weighted by Crippen LogP contribution is 2.27. The molecule has 0 fully saturated rings. The van der Waals surface area contributed by atoms with E-state index >= 15 is 0 Å². The van der Waals surface area contributed by atoms with Gasteiger partial charge in [-0.2, -0.15) is 0 Å². The van der Waals surface area contributed by atoms with E-state index in [1.54, 1.807) is 0 Å². The van der Waals surface area contributed by atoms with Crippen LogP contribution in [0.2, 0.25) is 5.15 Å². The van der Waals surface area contributed by atoms with E-state index in [0.717, 1.165) is 6.54 Å². The molecule has 0 aliphatic carbocycles. The summed E-state index contributed by atoms with van der Waals surface area (Å²) >= 11 is 5.85. The van der Waals surface area contributed by atoms with E-state index in [-0.39, 0.29) is 5.41 Å². The lowest BCUT2D eigenvalue weighted by atomic mass is 9.87. The predicted octanol–water partition coefficient (Wildman–Crippen LogP) is 3.73. The van der Waals surface area contributed by atoms with Crippen LogP contribution in [0.25, 0.3) is 0 Å². The minimum absolute atomic E-state index is 0.221. The smallest absolute Gasteiger partial charge is 0.157 e. The van der Waals surface area contributed by atoms with Gasteiger partial charge in [-0.3, -0.25) is 0 Å². The number of nitrogen functional groups attached to an aromatic ring is 1. The van der Waals surface area contributed by atoms with E-state index in [2.05, 4.69) is 36.1 Å². The van der Waals surface area contributed by atoms with Crippen molar-refractivity contribution in [3.05, 3.63) is 11.5 Å². The molecule has 1 aromatic heterocycles. The lowest BCUT2D eigenvalue weighted by Crippen LogP contribution is -2.24. The fourth-order valence-corrected chi connectivity index (χ4v) is 1.91. The van der Waals surface area contributed by atoms with E-state index in [0.29, 0.717) is 16.7 Å². The van der Waals surface area contributed by atoms with Crippen molar-refractivity contribution in [3.8, 4) is 0 Å². The molecule has 0 aliphatic rings. The van der Waals surface area contributed by atoms with Crippen molar-refractivity contribution in [2.75, 3.05) is 17.6 Å². The summed E-state index contributed by atoms with van der Waals surface area (Å²) in [6.07, 6.45) is 6.39. The molecule has 4 nitrogen and oxygen atoms in total. The summed E-state index contributed by atoms with van der Waals surface area (Å²) in [5.74, 6) is 0.624. The first-order valence-corrected chi connectivity index (χ1v) is 6.84. The molecule has 0 radical (unpaired) electrons. The van der Waals surface area contributed by atoms with Gasteiger partial charge in [0, 0.05) is 6.54 Å². The molecule has 1 aromatic rings. The molecular formula is C13H23ClN4. The number of nitrogens with two attached hydrogens (primary N) is 1. The van der Waals surface area contributed by atoms with Crippen LogP contribution in [0.3, 0.4) is 0 Å². The van der Waals surface area contributed by atoms with Crippen LogP contribution in [-0.2, 0) is 0 Å². The highest BCUT2D eigenvalue weighted by Gasteiger charge is 2.18. The van der Waals surface area contributed by atoms with Crippen molar-refractivity contribution in [2.45, 2.75) is 46.5 Å². The van der Waals surface area contributed by atoms with Crippen LogP contribution < -0.4 is 11.1 Å². The van der Waals surface area contributed by atoms with Gasteiger partial charge in [0.25, 0.3) is 0 Å². The number of hydrogen-bond acceptors (Lipinski definition) is 4. The van der Waals surface area contributed by atoms with Crippen LogP contribution in [0.1, 0.15) is 46.5 Å². The number of anilines is 2. The Morgan fingerprint density at radius 1 is 1.33 bits per heavy atom. The summed E-state index contributed by atoms with van der Waals surface area (Å²) in [5, 5.41) is 3.56. The zero-order valence-corrected chi connectivity index (χ0v) is 12.2. The molecule has 1 heterocycles. The molecule has 3 N–H and O–H groups in total. The predicted molar refractivity (Wildman–Crippen MR) is 77.9 cm³/mol. The van der Waals surface area contributed by atoms with E-state index in [1.807, 2.05) is 0 Å². The van der Waals surface area contributed by atoms with Crippen LogP contribution in [0.5, 0.6) is 0 Å². The second-order valence-corrected chi connectivity index (χ2v) is 5.76. The molecule has 0 saturated heterocycles. The SMILES string of the molecule is CCCCCC(C)(C)CNc1ncnc(Cl)c1N. The number of halogens is 1. The maximum absolute atomic E-state index is 5.85. The zero-order chi connectivity index (χ0) is 13.6. The fraction of sp³-hybridized carbons (Fsp3) is 0.692. The number of unbranched alkanes of at least 4 members (excludes halogenated alkanes) is 2. The van der Waals surface area contributed by atoms with Gasteiger partial charge >= 0.3 is 0 Å². The summed E-state index contributed by atoms with van der Waals surface area (Å²) in [7, 11) is 0. The van der Waals surface area contributed by atoms with Gasteiger partial charge in [0.1, 0.15) is 12.0 Å². The lowest BCUT2D eigenvalue weighted by Gasteiger charge is -2.25. The molecule has 0 saturated carbocycles. The van der Waals surface area contributed by atoms with Gasteiger partial charge in [-0.15, -0.1) is 0 Å². The van der Waals surface area contributed by atoms with Crippen LogP contribution in [0.4, 0.5) is 11.5 Å². The summed E-state index contributed by atoms with van der Waals surface area (Å²) in [5.41, 5.74) is 6.46. The fourth-order valence-electron chi connectivity index (χ4n) is 1.78. The minimum Gasteiger partial charge on any atom is -0.393 e. The average Bonchev–Trinajstić information content (AvgIpc) is 2.31. The summed E-state index contributed by atoms with van der Waals surface area (Å²) in [4.78, 5) is 7.94. The Kier molecular flexibility index (Phi) is 5.66. The lowest BCUT2D eigenvalue weighted by molar-refractivity contribution is 0.342. The standard InChI is InChI=1S/C13H23ClN4/c1-4-5-6-7-13(2,3)8-16-12-10(15)11(14)17-9-18-12/h9H,4-8,15H2,1-3H3,(H,16,17,18). The summed E-state index contributed by atoms with van der Waals surface area (Å²) in [6.45, 7) is 7.53. The first-order chi connectivity index (χ1) is 8.46. The number of rotatable bonds is 7. The van der Waals surface area contributed by atoms with Crippen molar-refractivity contribution >= 4 is 23.1 Å². The highest BCUT2D eigenvalue weighted by molar-refractivity contribution is 6.32. The average molecular weight is 271 g/mol. The van der Waals surface area contributed by atoms with Gasteiger partial charge in [-0.1, -0.05) is 51.6 Å². The molecule has 1 rings (SSSR count). The minimum atomic E-state index is 0.221. The third-order valence-corrected chi connectivity index (χ3v) is 3.33. The molecular weight excluding hydrogens is 248 g/mol. The van der Waals surface area contributed by atoms with Gasteiger partial charge in [-0.05, 0) is 11.8 Å².